The highest BCUT2D eigenvalue weighted by Crippen LogP contribution is 2.17. The summed E-state index contributed by atoms with van der Waals surface area (Å²) in [7, 11) is 2.17. The number of hydrogen-bond acceptors (Lipinski definition) is 3. The Morgan fingerprint density at radius 1 is 1.21 bits per heavy atom. The van der Waals surface area contributed by atoms with Gasteiger partial charge < -0.3 is 15.4 Å². The number of rotatable bonds is 8. The molecule has 108 valence electrons. The first-order valence-corrected chi connectivity index (χ1v) is 7.12. The third-order valence-corrected chi connectivity index (χ3v) is 3.76. The molecule has 0 aliphatic rings. The monoisotopic (exact) mass is 264 g/mol. The minimum Gasteiger partial charge on any atom is -0.494 e. The molecule has 0 saturated carbocycles. The van der Waals surface area contributed by atoms with Gasteiger partial charge in [0.05, 0.1) is 6.61 Å². The summed E-state index contributed by atoms with van der Waals surface area (Å²) in [6.07, 6.45) is 2.07. The summed E-state index contributed by atoms with van der Waals surface area (Å²) in [6.45, 7) is 9.00. The average Bonchev–Trinajstić information content (AvgIpc) is 2.38. The Morgan fingerprint density at radius 3 is 2.37 bits per heavy atom. The van der Waals surface area contributed by atoms with Crippen molar-refractivity contribution in [2.45, 2.75) is 39.2 Å². The van der Waals surface area contributed by atoms with E-state index in [1.54, 1.807) is 0 Å². The molecule has 1 aromatic carbocycles. The fourth-order valence-electron chi connectivity index (χ4n) is 2.06. The maximum Gasteiger partial charge on any atom is 0.119 e. The van der Waals surface area contributed by atoms with Gasteiger partial charge in [0.25, 0.3) is 0 Å². The van der Waals surface area contributed by atoms with E-state index in [-0.39, 0.29) is 5.54 Å². The maximum absolute atomic E-state index is 5.66. The van der Waals surface area contributed by atoms with Crippen LogP contribution in [-0.2, 0) is 6.42 Å². The molecule has 0 heterocycles. The fourth-order valence-corrected chi connectivity index (χ4v) is 2.06. The molecule has 0 aromatic heterocycles. The van der Waals surface area contributed by atoms with Crippen molar-refractivity contribution in [3.8, 4) is 5.75 Å². The van der Waals surface area contributed by atoms with E-state index in [1.165, 1.54) is 5.56 Å². The van der Waals surface area contributed by atoms with Crippen molar-refractivity contribution >= 4 is 0 Å². The van der Waals surface area contributed by atoms with Gasteiger partial charge in [-0.05, 0) is 64.9 Å². The van der Waals surface area contributed by atoms with Gasteiger partial charge in [-0.3, -0.25) is 0 Å². The Bertz CT molecular complexity index is 360. The Morgan fingerprint density at radius 2 is 1.84 bits per heavy atom. The van der Waals surface area contributed by atoms with Crippen molar-refractivity contribution in [3.05, 3.63) is 29.8 Å². The predicted octanol–water partition coefficient (Wildman–Crippen LogP) is 2.69. The van der Waals surface area contributed by atoms with E-state index in [4.69, 9.17) is 10.5 Å². The summed E-state index contributed by atoms with van der Waals surface area (Å²) in [5, 5.41) is 0. The number of likely N-dealkylation sites (N-methyl/N-ethyl adjacent to an activating group) is 1. The van der Waals surface area contributed by atoms with Gasteiger partial charge in [0.2, 0.25) is 0 Å². The van der Waals surface area contributed by atoms with Crippen molar-refractivity contribution in [1.82, 2.24) is 4.90 Å². The highest BCUT2D eigenvalue weighted by Gasteiger charge is 2.21. The summed E-state index contributed by atoms with van der Waals surface area (Å²) in [5.74, 6) is 0.947. The molecule has 0 amide bonds. The first-order valence-electron chi connectivity index (χ1n) is 7.12. The van der Waals surface area contributed by atoms with Gasteiger partial charge in [-0.2, -0.15) is 0 Å². The van der Waals surface area contributed by atoms with E-state index in [2.05, 4.69) is 37.9 Å². The molecule has 0 saturated heterocycles. The Kier molecular flexibility index (Phi) is 6.32. The van der Waals surface area contributed by atoms with Crippen LogP contribution in [-0.4, -0.2) is 37.2 Å². The van der Waals surface area contributed by atoms with E-state index in [1.807, 2.05) is 19.1 Å². The van der Waals surface area contributed by atoms with E-state index >= 15 is 0 Å². The second kappa shape index (κ2) is 7.51. The Hall–Kier alpha value is -1.06. The van der Waals surface area contributed by atoms with Crippen molar-refractivity contribution in [3.63, 3.8) is 0 Å². The predicted molar refractivity (Wildman–Crippen MR) is 81.7 cm³/mol. The van der Waals surface area contributed by atoms with Crippen LogP contribution in [0.15, 0.2) is 24.3 Å². The molecular weight excluding hydrogens is 236 g/mol. The quantitative estimate of drug-likeness (QED) is 0.784. The van der Waals surface area contributed by atoms with Crippen molar-refractivity contribution in [1.29, 1.82) is 0 Å². The van der Waals surface area contributed by atoms with Crippen LogP contribution < -0.4 is 10.5 Å². The zero-order valence-corrected chi connectivity index (χ0v) is 12.8. The molecule has 19 heavy (non-hydrogen) atoms. The largest absolute Gasteiger partial charge is 0.494 e. The summed E-state index contributed by atoms with van der Waals surface area (Å²) < 4.78 is 5.45. The molecule has 1 rings (SSSR count). The second-order valence-corrected chi connectivity index (χ2v) is 5.60. The molecule has 0 radical (unpaired) electrons. The minimum atomic E-state index is 0.167. The van der Waals surface area contributed by atoms with Gasteiger partial charge in [0, 0.05) is 12.1 Å². The lowest BCUT2D eigenvalue weighted by Crippen LogP contribution is -2.43. The van der Waals surface area contributed by atoms with Crippen LogP contribution >= 0.6 is 0 Å². The molecule has 0 fully saturated rings. The van der Waals surface area contributed by atoms with Gasteiger partial charge in [-0.25, -0.2) is 0 Å². The zero-order chi connectivity index (χ0) is 14.3. The van der Waals surface area contributed by atoms with Crippen LogP contribution in [0.1, 0.15) is 32.8 Å². The van der Waals surface area contributed by atoms with Crippen molar-refractivity contribution < 1.29 is 4.74 Å². The molecule has 0 spiro atoms. The molecule has 2 N–H and O–H groups in total. The van der Waals surface area contributed by atoms with Gasteiger partial charge >= 0.3 is 0 Å². The molecule has 0 atom stereocenters. The first kappa shape index (κ1) is 16.0. The van der Waals surface area contributed by atoms with Crippen LogP contribution in [0, 0.1) is 0 Å². The van der Waals surface area contributed by atoms with Crippen molar-refractivity contribution in [2.75, 3.05) is 26.7 Å². The van der Waals surface area contributed by atoms with E-state index in [0.717, 1.165) is 38.3 Å². The van der Waals surface area contributed by atoms with Crippen LogP contribution in [0.4, 0.5) is 0 Å². The van der Waals surface area contributed by atoms with Crippen LogP contribution in [0.5, 0.6) is 5.75 Å². The highest BCUT2D eigenvalue weighted by molar-refractivity contribution is 5.27. The zero-order valence-electron chi connectivity index (χ0n) is 12.8. The smallest absolute Gasteiger partial charge is 0.119 e. The molecule has 1 aromatic rings. The molecule has 3 nitrogen and oxygen atoms in total. The Balaban J connectivity index is 2.47. The molecule has 0 bridgehead atoms. The second-order valence-electron chi connectivity index (χ2n) is 5.60. The number of benzene rings is 1. The van der Waals surface area contributed by atoms with Gasteiger partial charge in [-0.15, -0.1) is 0 Å². The lowest BCUT2D eigenvalue weighted by Gasteiger charge is -2.35. The summed E-state index contributed by atoms with van der Waals surface area (Å²) in [5.41, 5.74) is 7.18. The molecular formula is C16H28N2O. The molecule has 3 heteroatoms. The normalized spacial score (nSPS) is 11.9. The summed E-state index contributed by atoms with van der Waals surface area (Å²) >= 11 is 0. The highest BCUT2D eigenvalue weighted by atomic mass is 16.5. The Labute approximate surface area is 117 Å². The van der Waals surface area contributed by atoms with Gasteiger partial charge in [0.1, 0.15) is 5.75 Å². The SMILES string of the molecule is CCOc1ccc(CCN(C)C(C)(C)CCN)cc1. The fraction of sp³-hybridized carbons (Fsp3) is 0.625. The standard InChI is InChI=1S/C16H28N2O/c1-5-19-15-8-6-14(7-9-15)10-13-18(4)16(2,3)11-12-17/h6-9H,5,10-13,17H2,1-4H3. The third kappa shape index (κ3) is 5.21. The lowest BCUT2D eigenvalue weighted by molar-refractivity contribution is 0.150. The minimum absolute atomic E-state index is 0.167. The average molecular weight is 264 g/mol. The van der Waals surface area contributed by atoms with Crippen LogP contribution in [0.2, 0.25) is 0 Å². The van der Waals surface area contributed by atoms with Gasteiger partial charge in [-0.1, -0.05) is 12.1 Å². The third-order valence-electron chi connectivity index (χ3n) is 3.76. The van der Waals surface area contributed by atoms with Crippen LogP contribution in [0.25, 0.3) is 0 Å². The first-order chi connectivity index (χ1) is 8.99. The summed E-state index contributed by atoms with van der Waals surface area (Å²) in [6, 6.07) is 8.39. The lowest BCUT2D eigenvalue weighted by atomic mass is 9.98. The molecule has 0 aliphatic carbocycles. The number of nitrogens with two attached hydrogens (primary N) is 1. The van der Waals surface area contributed by atoms with E-state index in [0.29, 0.717) is 0 Å². The number of nitrogens with zero attached hydrogens (tertiary/aromatic N) is 1. The molecule has 0 aliphatic heterocycles. The molecule has 0 unspecified atom stereocenters. The van der Waals surface area contributed by atoms with E-state index in [9.17, 15) is 0 Å². The number of ether oxygens (including phenoxy) is 1. The van der Waals surface area contributed by atoms with Gasteiger partial charge in [0.15, 0.2) is 0 Å². The van der Waals surface area contributed by atoms with Crippen molar-refractivity contribution in [2.24, 2.45) is 5.73 Å². The number of hydrogen-bond donors (Lipinski definition) is 1. The topological polar surface area (TPSA) is 38.5 Å². The van der Waals surface area contributed by atoms with E-state index < -0.39 is 0 Å². The summed E-state index contributed by atoms with van der Waals surface area (Å²) in [4.78, 5) is 2.39. The van der Waals surface area contributed by atoms with Crippen LogP contribution in [0.3, 0.4) is 0 Å². The maximum atomic E-state index is 5.66.